The van der Waals surface area contributed by atoms with Crippen molar-refractivity contribution in [3.8, 4) is 22.5 Å². The van der Waals surface area contributed by atoms with Crippen molar-refractivity contribution in [3.05, 3.63) is 94.8 Å². The topological polar surface area (TPSA) is 93.0 Å². The van der Waals surface area contributed by atoms with Gasteiger partial charge in [-0.15, -0.1) is 10.2 Å². The Bertz CT molecular complexity index is 1410. The second kappa shape index (κ2) is 11.2. The maximum absolute atomic E-state index is 12.8. The molecule has 8 nitrogen and oxygen atoms in total. The van der Waals surface area contributed by atoms with E-state index in [0.717, 1.165) is 54.3 Å². The molecule has 1 saturated heterocycles. The van der Waals surface area contributed by atoms with Gasteiger partial charge >= 0.3 is 0 Å². The smallest absolute Gasteiger partial charge is 0.266 e. The molecule has 8 heteroatoms. The van der Waals surface area contributed by atoms with Gasteiger partial charge in [0.1, 0.15) is 0 Å². The molecule has 1 N–H and O–H groups in total. The summed E-state index contributed by atoms with van der Waals surface area (Å²) in [5.74, 6) is 0.795. The number of nitrogens with zero attached hydrogens (tertiary/aromatic N) is 5. The van der Waals surface area contributed by atoms with E-state index in [2.05, 4.69) is 44.6 Å². The Hall–Kier alpha value is -4.33. The van der Waals surface area contributed by atoms with E-state index >= 15 is 0 Å². The highest BCUT2D eigenvalue weighted by Gasteiger charge is 2.25. The predicted molar refractivity (Wildman–Crippen MR) is 144 cm³/mol. The highest BCUT2D eigenvalue weighted by molar-refractivity contribution is 5.79. The molecule has 1 fully saturated rings. The first-order chi connectivity index (χ1) is 18.1. The maximum Gasteiger partial charge on any atom is 0.266 e. The number of hydrogen-bond acceptors (Lipinski definition) is 6. The van der Waals surface area contributed by atoms with Crippen molar-refractivity contribution in [1.29, 1.82) is 0 Å². The van der Waals surface area contributed by atoms with E-state index in [0.29, 0.717) is 13.1 Å². The van der Waals surface area contributed by atoms with Crippen LogP contribution in [0.1, 0.15) is 18.4 Å². The van der Waals surface area contributed by atoms with Gasteiger partial charge in [0.05, 0.1) is 17.9 Å². The van der Waals surface area contributed by atoms with Gasteiger partial charge in [0.25, 0.3) is 5.56 Å². The Labute approximate surface area is 216 Å². The van der Waals surface area contributed by atoms with Gasteiger partial charge in [-0.3, -0.25) is 9.59 Å². The van der Waals surface area contributed by atoms with Crippen molar-refractivity contribution >= 4 is 11.7 Å². The maximum atomic E-state index is 12.8. The Morgan fingerprint density at radius 2 is 1.62 bits per heavy atom. The first-order valence-corrected chi connectivity index (χ1v) is 12.6. The Morgan fingerprint density at radius 3 is 2.35 bits per heavy atom. The van der Waals surface area contributed by atoms with Crippen LogP contribution in [0.3, 0.4) is 0 Å². The summed E-state index contributed by atoms with van der Waals surface area (Å²) in [5, 5.41) is 16.3. The second-order valence-corrected chi connectivity index (χ2v) is 9.29. The minimum absolute atomic E-state index is 0.0212. The van der Waals surface area contributed by atoms with E-state index in [4.69, 9.17) is 0 Å². The fraction of sp³-hybridized carbons (Fsp3) is 0.276. The lowest BCUT2D eigenvalue weighted by molar-refractivity contribution is -0.125. The Kier molecular flexibility index (Phi) is 7.35. The SMILES string of the molecule is Cc1ccccc1-c1ccc(N2CCC(C(=O)NCCn3nc(-c4ccccc4)ccc3=O)CC2)nn1. The molecule has 1 aliphatic rings. The molecule has 5 rings (SSSR count). The molecule has 0 aliphatic carbocycles. The molecule has 0 atom stereocenters. The van der Waals surface area contributed by atoms with Crippen LogP contribution in [0.2, 0.25) is 0 Å². The molecule has 0 unspecified atom stereocenters. The third kappa shape index (κ3) is 5.74. The number of nitrogens with one attached hydrogen (secondary N) is 1. The standard InChI is InChI=1S/C29H30N6O2/c1-21-7-5-6-10-24(21)26-11-13-27(32-31-26)34-18-15-23(16-19-34)29(37)30-17-20-35-28(36)14-12-25(33-35)22-8-3-2-4-9-22/h2-14,23H,15-20H2,1H3,(H,30,37). The lowest BCUT2D eigenvalue weighted by atomic mass is 9.96. The van der Waals surface area contributed by atoms with E-state index in [1.807, 2.05) is 54.6 Å². The van der Waals surface area contributed by atoms with Gasteiger partial charge in [-0.2, -0.15) is 5.10 Å². The molecular formula is C29H30N6O2. The number of carbonyl (C=O) groups excluding carboxylic acids is 1. The zero-order valence-electron chi connectivity index (χ0n) is 20.9. The summed E-state index contributed by atoms with van der Waals surface area (Å²) < 4.78 is 1.41. The molecule has 2 aromatic heterocycles. The molecule has 1 amide bonds. The van der Waals surface area contributed by atoms with E-state index in [1.54, 1.807) is 6.07 Å². The number of amides is 1. The van der Waals surface area contributed by atoms with Gasteiger partial charge in [-0.25, -0.2) is 4.68 Å². The number of piperidine rings is 1. The number of rotatable bonds is 7. The van der Waals surface area contributed by atoms with Crippen molar-refractivity contribution in [3.63, 3.8) is 0 Å². The van der Waals surface area contributed by atoms with Gasteiger partial charge < -0.3 is 10.2 Å². The largest absolute Gasteiger partial charge is 0.355 e. The lowest BCUT2D eigenvalue weighted by Gasteiger charge is -2.31. The van der Waals surface area contributed by atoms with Gasteiger partial charge in [0.2, 0.25) is 5.91 Å². The molecule has 2 aromatic carbocycles. The van der Waals surface area contributed by atoms with Crippen LogP contribution in [0.25, 0.3) is 22.5 Å². The van der Waals surface area contributed by atoms with Crippen LogP contribution in [0, 0.1) is 12.8 Å². The first-order valence-electron chi connectivity index (χ1n) is 12.6. The molecule has 0 saturated carbocycles. The molecule has 0 radical (unpaired) electrons. The highest BCUT2D eigenvalue weighted by Crippen LogP contribution is 2.25. The lowest BCUT2D eigenvalue weighted by Crippen LogP contribution is -2.42. The van der Waals surface area contributed by atoms with Gasteiger partial charge in [0, 0.05) is 42.7 Å². The zero-order chi connectivity index (χ0) is 25.6. The van der Waals surface area contributed by atoms with Gasteiger partial charge in [-0.1, -0.05) is 54.6 Å². The summed E-state index contributed by atoms with van der Waals surface area (Å²) in [4.78, 5) is 27.2. The molecule has 3 heterocycles. The normalized spacial score (nSPS) is 13.9. The monoisotopic (exact) mass is 494 g/mol. The van der Waals surface area contributed by atoms with E-state index < -0.39 is 0 Å². The molecule has 1 aliphatic heterocycles. The van der Waals surface area contributed by atoms with Crippen LogP contribution in [0.15, 0.2) is 83.7 Å². The molecule has 0 bridgehead atoms. The molecule has 0 spiro atoms. The third-order valence-electron chi connectivity index (χ3n) is 6.82. The fourth-order valence-corrected chi connectivity index (χ4v) is 4.67. The number of carbonyl (C=O) groups is 1. The Balaban J connectivity index is 1.12. The van der Waals surface area contributed by atoms with E-state index in [9.17, 15) is 9.59 Å². The summed E-state index contributed by atoms with van der Waals surface area (Å²) in [6, 6.07) is 25.1. The van der Waals surface area contributed by atoms with Gasteiger partial charge in [0.15, 0.2) is 5.82 Å². The van der Waals surface area contributed by atoms with Crippen LogP contribution in [0.5, 0.6) is 0 Å². The quantitative estimate of drug-likeness (QED) is 0.421. The number of anilines is 1. The molecule has 188 valence electrons. The van der Waals surface area contributed by atoms with Crippen LogP contribution >= 0.6 is 0 Å². The summed E-state index contributed by atoms with van der Waals surface area (Å²) in [6.45, 7) is 4.24. The average molecular weight is 495 g/mol. The van der Waals surface area contributed by atoms with E-state index in [-0.39, 0.29) is 17.4 Å². The van der Waals surface area contributed by atoms with Crippen molar-refractivity contribution in [1.82, 2.24) is 25.3 Å². The first kappa shape index (κ1) is 24.4. The third-order valence-corrected chi connectivity index (χ3v) is 6.82. The summed E-state index contributed by atoms with van der Waals surface area (Å²) in [7, 11) is 0. The van der Waals surface area contributed by atoms with Crippen molar-refractivity contribution in [2.24, 2.45) is 5.92 Å². The molecule has 37 heavy (non-hydrogen) atoms. The van der Waals surface area contributed by atoms with Crippen molar-refractivity contribution < 1.29 is 4.79 Å². The summed E-state index contributed by atoms with van der Waals surface area (Å²) in [6.07, 6.45) is 1.49. The van der Waals surface area contributed by atoms with Crippen LogP contribution in [0.4, 0.5) is 5.82 Å². The zero-order valence-corrected chi connectivity index (χ0v) is 20.9. The fourth-order valence-electron chi connectivity index (χ4n) is 4.67. The number of hydrogen-bond donors (Lipinski definition) is 1. The second-order valence-electron chi connectivity index (χ2n) is 9.29. The number of aromatic nitrogens is 4. The molecular weight excluding hydrogens is 464 g/mol. The summed E-state index contributed by atoms with van der Waals surface area (Å²) in [5.41, 5.74) is 4.61. The number of aryl methyl sites for hydroxylation is 1. The predicted octanol–water partition coefficient (Wildman–Crippen LogP) is 3.71. The van der Waals surface area contributed by atoms with Crippen molar-refractivity contribution in [2.75, 3.05) is 24.5 Å². The van der Waals surface area contributed by atoms with E-state index in [1.165, 1.54) is 16.3 Å². The van der Waals surface area contributed by atoms with Crippen LogP contribution in [-0.2, 0) is 11.3 Å². The summed E-state index contributed by atoms with van der Waals surface area (Å²) >= 11 is 0. The van der Waals surface area contributed by atoms with Crippen molar-refractivity contribution in [2.45, 2.75) is 26.3 Å². The molecule has 4 aromatic rings. The minimum Gasteiger partial charge on any atom is -0.355 e. The average Bonchev–Trinajstić information content (AvgIpc) is 2.95. The Morgan fingerprint density at radius 1 is 0.892 bits per heavy atom. The van der Waals surface area contributed by atoms with Gasteiger partial charge in [-0.05, 0) is 43.5 Å². The van der Waals surface area contributed by atoms with Crippen LogP contribution in [-0.4, -0.2) is 45.5 Å². The van der Waals surface area contributed by atoms with Crippen LogP contribution < -0.4 is 15.8 Å². The highest BCUT2D eigenvalue weighted by atomic mass is 16.2. The number of benzene rings is 2. The minimum atomic E-state index is -0.184.